The molecule has 0 aliphatic rings. The molecule has 21 heavy (non-hydrogen) atoms. The molecule has 2 aromatic rings. The molecule has 0 saturated heterocycles. The van der Waals surface area contributed by atoms with Crippen molar-refractivity contribution in [2.75, 3.05) is 11.9 Å². The predicted octanol–water partition coefficient (Wildman–Crippen LogP) is 3.21. The maximum absolute atomic E-state index is 12.1. The van der Waals surface area contributed by atoms with Crippen molar-refractivity contribution >= 4 is 23.2 Å². The molecule has 4 heteroatoms. The maximum atomic E-state index is 12.1. The lowest BCUT2D eigenvalue weighted by Gasteiger charge is -2.07. The number of carbonyl (C=O) groups is 1. The van der Waals surface area contributed by atoms with E-state index in [0.29, 0.717) is 17.1 Å². The third kappa shape index (κ3) is 4.09. The van der Waals surface area contributed by atoms with Crippen molar-refractivity contribution in [1.29, 1.82) is 0 Å². The summed E-state index contributed by atoms with van der Waals surface area (Å²) in [6.45, 7) is 2.27. The lowest BCUT2D eigenvalue weighted by molar-refractivity contribution is 0.102. The number of nitrogens with two attached hydrogens (primary N) is 1. The van der Waals surface area contributed by atoms with Gasteiger partial charge in [-0.25, -0.2) is 0 Å². The van der Waals surface area contributed by atoms with E-state index in [1.54, 1.807) is 24.3 Å². The van der Waals surface area contributed by atoms with E-state index in [9.17, 15) is 4.79 Å². The zero-order valence-electron chi connectivity index (χ0n) is 11.6. The smallest absolute Gasteiger partial charge is 0.255 e. The molecule has 0 aliphatic carbocycles. The van der Waals surface area contributed by atoms with Crippen LogP contribution in [0.4, 0.5) is 5.69 Å². The molecule has 3 N–H and O–H groups in total. The van der Waals surface area contributed by atoms with E-state index in [1.807, 2.05) is 25.1 Å². The first-order valence-corrected chi connectivity index (χ1v) is 6.84. The zero-order chi connectivity index (χ0) is 15.2. The molecule has 0 fully saturated rings. The second-order valence-electron chi connectivity index (χ2n) is 4.50. The lowest BCUT2D eigenvalue weighted by Crippen LogP contribution is -2.11. The average Bonchev–Trinajstić information content (AvgIpc) is 2.47. The highest BCUT2D eigenvalue weighted by molar-refractivity contribution is 6.30. The number of aryl methyl sites for hydroxylation is 1. The monoisotopic (exact) mass is 298 g/mol. The molecule has 0 aromatic heterocycles. The van der Waals surface area contributed by atoms with Crippen molar-refractivity contribution in [3.63, 3.8) is 0 Å². The average molecular weight is 299 g/mol. The number of anilines is 1. The van der Waals surface area contributed by atoms with Gasteiger partial charge in [0.1, 0.15) is 0 Å². The van der Waals surface area contributed by atoms with E-state index < -0.39 is 0 Å². The Labute approximate surface area is 129 Å². The van der Waals surface area contributed by atoms with Gasteiger partial charge >= 0.3 is 0 Å². The summed E-state index contributed by atoms with van der Waals surface area (Å²) < 4.78 is 0. The number of nitrogens with one attached hydrogen (secondary N) is 1. The Kier molecular flexibility index (Phi) is 4.99. The first-order valence-electron chi connectivity index (χ1n) is 6.46. The zero-order valence-corrected chi connectivity index (χ0v) is 12.4. The molecule has 0 bridgehead atoms. The fourth-order valence-corrected chi connectivity index (χ4v) is 1.96. The molecule has 0 unspecified atom stereocenters. The standard InChI is InChI=1S/C17H15ClN2O/c1-12-11-16(9-6-13(12)3-2-10-19)20-17(21)14-4-7-15(18)8-5-14/h4-9,11H,10,19H2,1H3,(H,20,21). The molecular formula is C17H15ClN2O. The minimum absolute atomic E-state index is 0.174. The molecule has 2 aromatic carbocycles. The third-order valence-corrected chi connectivity index (χ3v) is 3.17. The Bertz CT molecular complexity index is 712. The van der Waals surface area contributed by atoms with Crippen LogP contribution in [0.25, 0.3) is 0 Å². The molecule has 0 saturated carbocycles. The van der Waals surface area contributed by atoms with Crippen LogP contribution >= 0.6 is 11.6 Å². The number of rotatable bonds is 2. The van der Waals surface area contributed by atoms with Crippen LogP contribution in [0.2, 0.25) is 5.02 Å². The van der Waals surface area contributed by atoms with Crippen LogP contribution in [-0.4, -0.2) is 12.5 Å². The topological polar surface area (TPSA) is 55.1 Å². The molecule has 0 heterocycles. The largest absolute Gasteiger partial charge is 0.322 e. The summed E-state index contributed by atoms with van der Waals surface area (Å²) in [4.78, 5) is 12.1. The van der Waals surface area contributed by atoms with Crippen molar-refractivity contribution < 1.29 is 4.79 Å². The van der Waals surface area contributed by atoms with Crippen molar-refractivity contribution in [1.82, 2.24) is 0 Å². The fraction of sp³-hybridized carbons (Fsp3) is 0.118. The summed E-state index contributed by atoms with van der Waals surface area (Å²) in [6, 6.07) is 12.3. The highest BCUT2D eigenvalue weighted by Crippen LogP contribution is 2.16. The summed E-state index contributed by atoms with van der Waals surface area (Å²) in [7, 11) is 0. The predicted molar refractivity (Wildman–Crippen MR) is 86.5 cm³/mol. The Hall–Kier alpha value is -2.28. The van der Waals surface area contributed by atoms with Crippen LogP contribution in [0.5, 0.6) is 0 Å². The van der Waals surface area contributed by atoms with Crippen molar-refractivity contribution in [2.45, 2.75) is 6.92 Å². The second kappa shape index (κ2) is 6.94. The lowest BCUT2D eigenvalue weighted by atomic mass is 10.1. The van der Waals surface area contributed by atoms with E-state index in [0.717, 1.165) is 16.8 Å². The van der Waals surface area contributed by atoms with Crippen molar-refractivity contribution in [3.8, 4) is 11.8 Å². The summed E-state index contributed by atoms with van der Waals surface area (Å²) in [5, 5.41) is 3.45. The SMILES string of the molecule is Cc1cc(NC(=O)c2ccc(Cl)cc2)ccc1C#CCN. The molecule has 0 aliphatic heterocycles. The Morgan fingerprint density at radius 2 is 1.95 bits per heavy atom. The number of benzene rings is 2. The Morgan fingerprint density at radius 3 is 2.57 bits per heavy atom. The van der Waals surface area contributed by atoms with Crippen LogP contribution in [0.1, 0.15) is 21.5 Å². The Morgan fingerprint density at radius 1 is 1.24 bits per heavy atom. The van der Waals surface area contributed by atoms with Crippen LogP contribution in [-0.2, 0) is 0 Å². The minimum atomic E-state index is -0.174. The normalized spacial score (nSPS) is 9.67. The van der Waals surface area contributed by atoms with Gasteiger partial charge in [0.05, 0.1) is 6.54 Å². The first kappa shape index (κ1) is 15.1. The molecule has 106 valence electrons. The molecule has 2 rings (SSSR count). The quantitative estimate of drug-likeness (QED) is 0.837. The van der Waals surface area contributed by atoms with E-state index in [2.05, 4.69) is 17.2 Å². The van der Waals surface area contributed by atoms with Gasteiger partial charge in [-0.1, -0.05) is 23.4 Å². The molecule has 0 atom stereocenters. The number of halogens is 1. The van der Waals surface area contributed by atoms with Crippen molar-refractivity contribution in [2.24, 2.45) is 5.73 Å². The number of amides is 1. The van der Waals surface area contributed by atoms with Crippen LogP contribution < -0.4 is 11.1 Å². The molecular weight excluding hydrogens is 284 g/mol. The van der Waals surface area contributed by atoms with Gasteiger partial charge in [0, 0.05) is 21.8 Å². The van der Waals surface area contributed by atoms with Crippen LogP contribution in [0.3, 0.4) is 0 Å². The van der Waals surface area contributed by atoms with E-state index >= 15 is 0 Å². The van der Waals surface area contributed by atoms with Gasteiger partial charge in [-0.15, -0.1) is 0 Å². The molecule has 1 amide bonds. The van der Waals surface area contributed by atoms with Gasteiger partial charge in [0.2, 0.25) is 0 Å². The number of hydrogen-bond acceptors (Lipinski definition) is 2. The van der Waals surface area contributed by atoms with Gasteiger partial charge < -0.3 is 11.1 Å². The minimum Gasteiger partial charge on any atom is -0.322 e. The summed E-state index contributed by atoms with van der Waals surface area (Å²) in [5.41, 5.74) is 8.54. The highest BCUT2D eigenvalue weighted by Gasteiger charge is 2.06. The second-order valence-corrected chi connectivity index (χ2v) is 4.93. The Balaban J connectivity index is 2.14. The summed E-state index contributed by atoms with van der Waals surface area (Å²) >= 11 is 5.80. The van der Waals surface area contributed by atoms with Crippen molar-refractivity contribution in [3.05, 3.63) is 64.2 Å². The van der Waals surface area contributed by atoms with Gasteiger partial charge in [0.15, 0.2) is 0 Å². The van der Waals surface area contributed by atoms with E-state index in [4.69, 9.17) is 17.3 Å². The summed E-state index contributed by atoms with van der Waals surface area (Å²) in [6.07, 6.45) is 0. The molecule has 3 nitrogen and oxygen atoms in total. The number of carbonyl (C=O) groups excluding carboxylic acids is 1. The number of hydrogen-bond donors (Lipinski definition) is 2. The fourth-order valence-electron chi connectivity index (χ4n) is 1.83. The first-order chi connectivity index (χ1) is 10.1. The van der Waals surface area contributed by atoms with Crippen LogP contribution in [0.15, 0.2) is 42.5 Å². The molecule has 0 radical (unpaired) electrons. The highest BCUT2D eigenvalue weighted by atomic mass is 35.5. The van der Waals surface area contributed by atoms with Gasteiger partial charge in [-0.05, 0) is 55.0 Å². The van der Waals surface area contributed by atoms with Crippen LogP contribution in [0, 0.1) is 18.8 Å². The third-order valence-electron chi connectivity index (χ3n) is 2.92. The van der Waals surface area contributed by atoms with Gasteiger partial charge in [-0.3, -0.25) is 4.79 Å². The van der Waals surface area contributed by atoms with Gasteiger partial charge in [0.25, 0.3) is 5.91 Å². The van der Waals surface area contributed by atoms with E-state index in [-0.39, 0.29) is 5.91 Å². The van der Waals surface area contributed by atoms with E-state index in [1.165, 1.54) is 0 Å². The summed E-state index contributed by atoms with van der Waals surface area (Å²) in [5.74, 6) is 5.63. The van der Waals surface area contributed by atoms with Gasteiger partial charge in [-0.2, -0.15) is 0 Å². The molecule has 0 spiro atoms. The maximum Gasteiger partial charge on any atom is 0.255 e.